The van der Waals surface area contributed by atoms with Crippen LogP contribution in [0.5, 0.6) is 0 Å². The van der Waals surface area contributed by atoms with E-state index in [4.69, 9.17) is 4.74 Å². The molecule has 1 aliphatic heterocycles. The van der Waals surface area contributed by atoms with Gasteiger partial charge >= 0.3 is 0 Å². The van der Waals surface area contributed by atoms with Crippen LogP contribution in [0.4, 0.5) is 20.4 Å². The van der Waals surface area contributed by atoms with Crippen LogP contribution in [0.2, 0.25) is 0 Å². The van der Waals surface area contributed by atoms with Crippen molar-refractivity contribution in [2.75, 3.05) is 36.5 Å². The smallest absolute Gasteiger partial charge is 0.254 e. The Morgan fingerprint density at radius 3 is 2.50 bits per heavy atom. The van der Waals surface area contributed by atoms with Crippen LogP contribution >= 0.6 is 0 Å². The Balaban J connectivity index is 1.66. The first-order valence-corrected chi connectivity index (χ1v) is 8.79. The number of rotatable bonds is 4. The molecule has 7 nitrogen and oxygen atoms in total. The fourth-order valence-corrected chi connectivity index (χ4v) is 3.35. The van der Waals surface area contributed by atoms with Crippen molar-refractivity contribution in [3.8, 4) is 5.95 Å². The molecule has 1 saturated heterocycles. The summed E-state index contributed by atoms with van der Waals surface area (Å²) in [5.41, 5.74) is 1.79. The van der Waals surface area contributed by atoms with Gasteiger partial charge < -0.3 is 15.0 Å². The van der Waals surface area contributed by atoms with Crippen LogP contribution in [0.25, 0.3) is 5.95 Å². The topological polar surface area (TPSA) is 68.1 Å². The summed E-state index contributed by atoms with van der Waals surface area (Å²) >= 11 is 0. The third-order valence-corrected chi connectivity index (χ3v) is 4.68. The van der Waals surface area contributed by atoms with Gasteiger partial charge in [0.25, 0.3) is 11.9 Å². The molecule has 1 N–H and O–H groups in total. The number of alkyl halides is 2. The number of anilines is 2. The molecule has 0 amide bonds. The van der Waals surface area contributed by atoms with Crippen molar-refractivity contribution in [2.45, 2.75) is 38.7 Å². The molecular weight excluding hydrogens is 342 g/mol. The van der Waals surface area contributed by atoms with Crippen LogP contribution in [0, 0.1) is 13.8 Å². The maximum absolute atomic E-state index is 13.2. The van der Waals surface area contributed by atoms with E-state index in [9.17, 15) is 8.78 Å². The number of nitrogens with one attached hydrogen (secondary N) is 1. The lowest BCUT2D eigenvalue weighted by Crippen LogP contribution is -2.44. The Morgan fingerprint density at radius 2 is 1.88 bits per heavy atom. The minimum absolute atomic E-state index is 0.168. The monoisotopic (exact) mass is 364 g/mol. The minimum atomic E-state index is -2.57. The van der Waals surface area contributed by atoms with Gasteiger partial charge in [-0.3, -0.25) is 0 Å². The highest BCUT2D eigenvalue weighted by Gasteiger charge is 2.45. The highest BCUT2D eigenvalue weighted by molar-refractivity contribution is 5.52. The molecule has 0 atom stereocenters. The molecule has 140 valence electrons. The quantitative estimate of drug-likeness (QED) is 0.898. The van der Waals surface area contributed by atoms with Crippen molar-refractivity contribution >= 4 is 11.6 Å². The lowest BCUT2D eigenvalue weighted by atomic mass is 9.88. The normalized spacial score (nSPS) is 20.1. The van der Waals surface area contributed by atoms with Crippen LogP contribution in [0.3, 0.4) is 0 Å². The molecule has 0 radical (unpaired) electrons. The van der Waals surface area contributed by atoms with E-state index in [1.54, 1.807) is 4.68 Å². The van der Waals surface area contributed by atoms with Gasteiger partial charge in [0.05, 0.1) is 18.9 Å². The van der Waals surface area contributed by atoms with Gasteiger partial charge in [-0.1, -0.05) is 0 Å². The molecule has 3 heterocycles. The molecule has 2 aromatic rings. The van der Waals surface area contributed by atoms with Crippen LogP contribution < -0.4 is 10.2 Å². The summed E-state index contributed by atoms with van der Waals surface area (Å²) in [7, 11) is 0. The van der Waals surface area contributed by atoms with Crippen molar-refractivity contribution < 1.29 is 13.5 Å². The number of hydrogen-bond acceptors (Lipinski definition) is 6. The van der Waals surface area contributed by atoms with Gasteiger partial charge in [-0.2, -0.15) is 15.1 Å². The second kappa shape index (κ2) is 6.46. The predicted molar refractivity (Wildman–Crippen MR) is 93.3 cm³/mol. The summed E-state index contributed by atoms with van der Waals surface area (Å²) in [4.78, 5) is 11.3. The maximum Gasteiger partial charge on any atom is 0.254 e. The van der Waals surface area contributed by atoms with E-state index in [0.717, 1.165) is 30.3 Å². The second-order valence-electron chi connectivity index (χ2n) is 6.96. The Morgan fingerprint density at radius 1 is 1.15 bits per heavy atom. The zero-order valence-electron chi connectivity index (χ0n) is 14.9. The first kappa shape index (κ1) is 17.1. The Labute approximate surface area is 150 Å². The highest BCUT2D eigenvalue weighted by atomic mass is 19.3. The molecule has 2 fully saturated rings. The van der Waals surface area contributed by atoms with Gasteiger partial charge in [-0.25, -0.2) is 13.5 Å². The number of halogens is 2. The molecule has 4 rings (SSSR count). The van der Waals surface area contributed by atoms with Gasteiger partial charge in [-0.05, 0) is 19.9 Å². The van der Waals surface area contributed by atoms with Gasteiger partial charge in [0.2, 0.25) is 0 Å². The van der Waals surface area contributed by atoms with Crippen LogP contribution in [-0.4, -0.2) is 58.0 Å². The summed E-state index contributed by atoms with van der Waals surface area (Å²) < 4.78 is 33.4. The van der Waals surface area contributed by atoms with E-state index in [1.165, 1.54) is 0 Å². The number of ether oxygens (including phenoxy) is 1. The van der Waals surface area contributed by atoms with E-state index in [1.807, 2.05) is 26.0 Å². The Hall–Kier alpha value is -2.29. The Bertz CT molecular complexity index is 795. The highest BCUT2D eigenvalue weighted by Crippen LogP contribution is 2.39. The van der Waals surface area contributed by atoms with Gasteiger partial charge in [0.1, 0.15) is 11.6 Å². The van der Waals surface area contributed by atoms with Gasteiger partial charge in [0, 0.05) is 43.7 Å². The van der Waals surface area contributed by atoms with E-state index in [0.29, 0.717) is 25.0 Å². The standard InChI is InChI=1S/C17H22F2N6O/c1-11-7-12(2)25(23-11)16-21-14(20-13-9-17(18,19)10-13)8-15(22-16)24-3-5-26-6-4-24/h7-8,13H,3-6,9-10H2,1-2H3,(H,20,21,22). The van der Waals surface area contributed by atoms with Crippen molar-refractivity contribution in [1.29, 1.82) is 0 Å². The summed E-state index contributed by atoms with van der Waals surface area (Å²) in [5.74, 6) is -0.840. The largest absolute Gasteiger partial charge is 0.378 e. The van der Waals surface area contributed by atoms with Crippen molar-refractivity contribution in [3.05, 3.63) is 23.5 Å². The molecule has 1 aliphatic carbocycles. The fourth-order valence-electron chi connectivity index (χ4n) is 3.35. The lowest BCUT2D eigenvalue weighted by Gasteiger charge is -2.36. The molecule has 0 bridgehead atoms. The van der Waals surface area contributed by atoms with Crippen LogP contribution in [-0.2, 0) is 4.74 Å². The number of nitrogens with zero attached hydrogens (tertiary/aromatic N) is 5. The first-order chi connectivity index (χ1) is 12.4. The van der Waals surface area contributed by atoms with Crippen molar-refractivity contribution in [3.63, 3.8) is 0 Å². The minimum Gasteiger partial charge on any atom is -0.378 e. The number of morpholine rings is 1. The third kappa shape index (κ3) is 3.48. The molecule has 2 aromatic heterocycles. The van der Waals surface area contributed by atoms with Crippen LogP contribution in [0.15, 0.2) is 12.1 Å². The molecule has 1 saturated carbocycles. The summed E-state index contributed by atoms with van der Waals surface area (Å²) in [6, 6.07) is 3.49. The molecule has 9 heteroatoms. The van der Waals surface area contributed by atoms with E-state index < -0.39 is 5.92 Å². The molecule has 0 spiro atoms. The SMILES string of the molecule is Cc1cc(C)n(-c2nc(NC3CC(F)(F)C3)cc(N3CCOCC3)n2)n1. The zero-order chi connectivity index (χ0) is 18.3. The van der Waals surface area contributed by atoms with Crippen LogP contribution in [0.1, 0.15) is 24.2 Å². The van der Waals surface area contributed by atoms with E-state index in [-0.39, 0.29) is 18.9 Å². The number of hydrogen-bond donors (Lipinski definition) is 1. The molecular formula is C17H22F2N6O. The molecule has 2 aliphatic rings. The molecule has 26 heavy (non-hydrogen) atoms. The number of aromatic nitrogens is 4. The van der Waals surface area contributed by atoms with E-state index >= 15 is 0 Å². The van der Waals surface area contributed by atoms with Gasteiger partial charge in [0.15, 0.2) is 0 Å². The lowest BCUT2D eigenvalue weighted by molar-refractivity contribution is -0.0794. The Kier molecular flexibility index (Phi) is 4.26. The first-order valence-electron chi connectivity index (χ1n) is 8.79. The maximum atomic E-state index is 13.2. The average molecular weight is 364 g/mol. The zero-order valence-corrected chi connectivity index (χ0v) is 14.9. The summed E-state index contributed by atoms with van der Waals surface area (Å²) in [6.07, 6.45) is -0.335. The average Bonchev–Trinajstić information content (AvgIpc) is 2.92. The predicted octanol–water partition coefficient (Wildman–Crippen LogP) is 2.33. The second-order valence-corrected chi connectivity index (χ2v) is 6.96. The molecule has 0 unspecified atom stereocenters. The molecule has 0 aromatic carbocycles. The van der Waals surface area contributed by atoms with Crippen molar-refractivity contribution in [1.82, 2.24) is 19.7 Å². The fraction of sp³-hybridized carbons (Fsp3) is 0.588. The van der Waals surface area contributed by atoms with Gasteiger partial charge in [-0.15, -0.1) is 0 Å². The summed E-state index contributed by atoms with van der Waals surface area (Å²) in [5, 5.41) is 7.56. The van der Waals surface area contributed by atoms with E-state index in [2.05, 4.69) is 25.3 Å². The number of aryl methyl sites for hydroxylation is 2. The van der Waals surface area contributed by atoms with Crippen molar-refractivity contribution in [2.24, 2.45) is 0 Å². The third-order valence-electron chi connectivity index (χ3n) is 4.68. The summed E-state index contributed by atoms with van der Waals surface area (Å²) in [6.45, 7) is 6.58.